The van der Waals surface area contributed by atoms with Crippen molar-refractivity contribution < 1.29 is 14.4 Å². The number of fused-ring (bicyclic) bond motifs is 1. The number of amides is 3. The molecule has 1 saturated carbocycles. The zero-order chi connectivity index (χ0) is 20.5. The van der Waals surface area contributed by atoms with Gasteiger partial charge in [-0.05, 0) is 49.4 Å². The molecule has 0 atom stereocenters. The summed E-state index contributed by atoms with van der Waals surface area (Å²) in [7, 11) is 1.76. The molecule has 1 aromatic carbocycles. The van der Waals surface area contributed by atoms with E-state index in [-0.39, 0.29) is 23.6 Å². The van der Waals surface area contributed by atoms with Crippen LogP contribution in [0.15, 0.2) is 35.7 Å². The van der Waals surface area contributed by atoms with Gasteiger partial charge in [-0.1, -0.05) is 6.07 Å². The number of thiophene rings is 1. The second-order valence-corrected chi connectivity index (χ2v) is 8.01. The van der Waals surface area contributed by atoms with Crippen LogP contribution in [0.1, 0.15) is 39.8 Å². The molecule has 4 rings (SSSR count). The number of carbonyl (C=O) groups is 3. The van der Waals surface area contributed by atoms with Crippen LogP contribution in [0, 0.1) is 5.92 Å². The Morgan fingerprint density at radius 2 is 2.00 bits per heavy atom. The summed E-state index contributed by atoms with van der Waals surface area (Å²) in [5.41, 5.74) is 1.81. The van der Waals surface area contributed by atoms with Gasteiger partial charge in [-0.3, -0.25) is 14.4 Å². The second-order valence-electron chi connectivity index (χ2n) is 7.07. The summed E-state index contributed by atoms with van der Waals surface area (Å²) in [6.45, 7) is 2.31. The molecular weight excluding hydrogens is 388 g/mol. The van der Waals surface area contributed by atoms with E-state index >= 15 is 0 Å². The third-order valence-corrected chi connectivity index (χ3v) is 5.84. The van der Waals surface area contributed by atoms with Crippen LogP contribution < -0.4 is 15.5 Å². The molecule has 0 spiro atoms. The lowest BCUT2D eigenvalue weighted by Crippen LogP contribution is -2.27. The average molecular weight is 410 g/mol. The molecule has 0 aliphatic heterocycles. The highest BCUT2D eigenvalue weighted by molar-refractivity contribution is 7.12. The van der Waals surface area contributed by atoms with E-state index in [1.165, 1.54) is 11.3 Å². The van der Waals surface area contributed by atoms with E-state index in [1.807, 2.05) is 30.5 Å². The fourth-order valence-electron chi connectivity index (χ4n) is 3.29. The molecule has 0 unspecified atom stereocenters. The molecule has 1 aliphatic carbocycles. The topological polar surface area (TPSA) is 94.3 Å². The first-order valence-electron chi connectivity index (χ1n) is 9.56. The highest BCUT2D eigenvalue weighted by Gasteiger charge is 2.32. The molecule has 1 aliphatic rings. The Labute approximate surface area is 172 Å². The maximum atomic E-state index is 12.7. The molecule has 8 heteroatoms. The van der Waals surface area contributed by atoms with Gasteiger partial charge in [-0.2, -0.15) is 0 Å². The lowest BCUT2D eigenvalue weighted by Gasteiger charge is -2.17. The van der Waals surface area contributed by atoms with Crippen LogP contribution in [-0.4, -0.2) is 36.3 Å². The Morgan fingerprint density at radius 3 is 2.66 bits per heavy atom. The minimum Gasteiger partial charge on any atom is -0.352 e. The van der Waals surface area contributed by atoms with Crippen LogP contribution in [0.4, 0.5) is 11.5 Å². The summed E-state index contributed by atoms with van der Waals surface area (Å²) in [4.78, 5) is 42.9. The predicted molar refractivity (Wildman–Crippen MR) is 115 cm³/mol. The normalized spacial score (nSPS) is 13.3. The van der Waals surface area contributed by atoms with Gasteiger partial charge in [0.25, 0.3) is 11.8 Å². The van der Waals surface area contributed by atoms with Gasteiger partial charge in [0.05, 0.1) is 10.4 Å². The number of nitrogens with one attached hydrogen (secondary N) is 3. The highest BCUT2D eigenvalue weighted by atomic mass is 32.1. The molecule has 3 amide bonds. The van der Waals surface area contributed by atoms with Crippen molar-refractivity contribution in [1.29, 1.82) is 0 Å². The monoisotopic (exact) mass is 410 g/mol. The first-order valence-corrected chi connectivity index (χ1v) is 10.4. The fourth-order valence-corrected chi connectivity index (χ4v) is 3.91. The number of benzene rings is 1. The van der Waals surface area contributed by atoms with Crippen LogP contribution in [0.5, 0.6) is 0 Å². The van der Waals surface area contributed by atoms with E-state index in [0.29, 0.717) is 33.7 Å². The van der Waals surface area contributed by atoms with E-state index in [1.54, 1.807) is 24.1 Å². The fraction of sp³-hybridized carbons (Fsp3) is 0.286. The van der Waals surface area contributed by atoms with Crippen molar-refractivity contribution in [3.63, 3.8) is 0 Å². The lowest BCUT2D eigenvalue weighted by molar-refractivity contribution is -0.119. The maximum Gasteiger partial charge on any atom is 0.266 e. The summed E-state index contributed by atoms with van der Waals surface area (Å²) < 4.78 is 0. The van der Waals surface area contributed by atoms with Gasteiger partial charge < -0.3 is 20.5 Å². The van der Waals surface area contributed by atoms with Gasteiger partial charge in [-0.25, -0.2) is 0 Å². The summed E-state index contributed by atoms with van der Waals surface area (Å²) in [6, 6.07) is 8.99. The number of hydrogen-bond donors (Lipinski definition) is 3. The van der Waals surface area contributed by atoms with E-state index in [9.17, 15) is 14.4 Å². The van der Waals surface area contributed by atoms with Crippen LogP contribution in [0.2, 0.25) is 0 Å². The van der Waals surface area contributed by atoms with Crippen molar-refractivity contribution in [2.75, 3.05) is 23.8 Å². The van der Waals surface area contributed by atoms with E-state index in [4.69, 9.17) is 0 Å². The van der Waals surface area contributed by atoms with Gasteiger partial charge in [0.1, 0.15) is 5.82 Å². The largest absolute Gasteiger partial charge is 0.352 e. The minimum atomic E-state index is -0.279. The zero-order valence-electron chi connectivity index (χ0n) is 16.2. The Kier molecular flexibility index (Phi) is 5.10. The number of aromatic nitrogens is 1. The third-order valence-electron chi connectivity index (χ3n) is 4.97. The summed E-state index contributed by atoms with van der Waals surface area (Å²) in [6.07, 6.45) is 1.88. The van der Waals surface area contributed by atoms with Crippen LogP contribution in [0.3, 0.4) is 0 Å². The van der Waals surface area contributed by atoms with Gasteiger partial charge in [0.15, 0.2) is 0 Å². The molecule has 1 fully saturated rings. The number of nitrogens with zero attached hydrogens (tertiary/aromatic N) is 1. The molecule has 3 N–H and O–H groups in total. The van der Waals surface area contributed by atoms with Crippen LogP contribution >= 0.6 is 11.3 Å². The summed E-state index contributed by atoms with van der Waals surface area (Å²) in [5, 5.41) is 8.12. The van der Waals surface area contributed by atoms with Crippen molar-refractivity contribution in [3.8, 4) is 0 Å². The number of anilines is 2. The Balaban J connectivity index is 1.72. The number of H-pyrrole nitrogens is 1. The minimum absolute atomic E-state index is 0.103. The second kappa shape index (κ2) is 7.71. The van der Waals surface area contributed by atoms with Crippen LogP contribution in [-0.2, 0) is 4.79 Å². The molecule has 2 aromatic heterocycles. The molecule has 7 nitrogen and oxygen atoms in total. The van der Waals surface area contributed by atoms with Crippen molar-refractivity contribution in [1.82, 2.24) is 10.3 Å². The van der Waals surface area contributed by atoms with Crippen molar-refractivity contribution in [2.45, 2.75) is 19.8 Å². The molecule has 0 radical (unpaired) electrons. The van der Waals surface area contributed by atoms with Crippen molar-refractivity contribution >= 4 is 51.5 Å². The van der Waals surface area contributed by atoms with E-state index in [2.05, 4.69) is 15.6 Å². The van der Waals surface area contributed by atoms with Crippen LogP contribution in [0.25, 0.3) is 10.9 Å². The average Bonchev–Trinajstić information content (AvgIpc) is 3.28. The van der Waals surface area contributed by atoms with E-state index < -0.39 is 0 Å². The third kappa shape index (κ3) is 3.75. The Hall–Kier alpha value is -3.13. The van der Waals surface area contributed by atoms with Gasteiger partial charge in [-0.15, -0.1) is 11.3 Å². The smallest absolute Gasteiger partial charge is 0.266 e. The highest BCUT2D eigenvalue weighted by Crippen LogP contribution is 2.34. The molecule has 3 aromatic rings. The number of rotatable bonds is 6. The zero-order valence-corrected chi connectivity index (χ0v) is 17.1. The molecule has 0 saturated heterocycles. The summed E-state index contributed by atoms with van der Waals surface area (Å²) in [5.74, 6) is 0.0170. The predicted octanol–water partition coefficient (Wildman–Crippen LogP) is 3.60. The first-order chi connectivity index (χ1) is 14.0. The molecule has 29 heavy (non-hydrogen) atoms. The molecule has 2 heterocycles. The summed E-state index contributed by atoms with van der Waals surface area (Å²) >= 11 is 1.33. The molecule has 0 bridgehead atoms. The Morgan fingerprint density at radius 1 is 1.21 bits per heavy atom. The lowest BCUT2D eigenvalue weighted by atomic mass is 10.1. The number of carbonyl (C=O) groups excluding carboxylic acids is 3. The first kappa shape index (κ1) is 19.2. The van der Waals surface area contributed by atoms with Gasteiger partial charge in [0, 0.05) is 36.1 Å². The standard InChI is InChI=1S/C21H22N4O3S/c1-3-22-20(27)17-14-9-8-13(25(2)21(28)12-6-7-12)11-15(14)23-18(17)24-19(26)16-5-4-10-29-16/h4-5,8-12,23H,3,6-7H2,1-2H3,(H,22,27)(H,24,26). The SMILES string of the molecule is CCNC(=O)c1c(NC(=O)c2cccs2)[nH]c2cc(N(C)C(=O)C3CC3)ccc12. The molecular formula is C21H22N4O3S. The van der Waals surface area contributed by atoms with Gasteiger partial charge in [0.2, 0.25) is 5.91 Å². The number of hydrogen-bond acceptors (Lipinski definition) is 4. The van der Waals surface area contributed by atoms with Crippen molar-refractivity contribution in [3.05, 3.63) is 46.2 Å². The van der Waals surface area contributed by atoms with E-state index in [0.717, 1.165) is 18.5 Å². The van der Waals surface area contributed by atoms with Gasteiger partial charge >= 0.3 is 0 Å². The quantitative estimate of drug-likeness (QED) is 0.579. The molecule has 150 valence electrons. The maximum absolute atomic E-state index is 12.7. The number of aromatic amines is 1. The Bertz CT molecular complexity index is 1080. The van der Waals surface area contributed by atoms with Crippen molar-refractivity contribution in [2.24, 2.45) is 5.92 Å².